The predicted octanol–water partition coefficient (Wildman–Crippen LogP) is 1.82. The van der Waals surface area contributed by atoms with Gasteiger partial charge in [-0.2, -0.15) is 4.98 Å². The molecule has 2 rings (SSSR count). The minimum Gasteiger partial charge on any atom is -0.343 e. The first kappa shape index (κ1) is 9.65. The fourth-order valence-electron chi connectivity index (χ4n) is 2.49. The van der Waals surface area contributed by atoms with Gasteiger partial charge in [-0.15, -0.1) is 0 Å². The summed E-state index contributed by atoms with van der Waals surface area (Å²) in [6.07, 6.45) is 5.60. The molecule has 78 valence electrons. The second kappa shape index (κ2) is 3.05. The van der Waals surface area contributed by atoms with Crippen molar-refractivity contribution in [3.8, 4) is 0 Å². The van der Waals surface area contributed by atoms with Crippen molar-refractivity contribution in [3.63, 3.8) is 0 Å². The summed E-state index contributed by atoms with van der Waals surface area (Å²) >= 11 is 0. The Hall–Kier alpha value is -0.900. The lowest BCUT2D eigenvalue weighted by molar-refractivity contribution is 0.142. The maximum absolute atomic E-state index is 6.32. The van der Waals surface area contributed by atoms with E-state index >= 15 is 0 Å². The standard InChI is InChI=1S/C10H17N3O/c1-9(2)4-3-5-10(11,6-9)8-12-7-14-13-8/h7H,3-6,11H2,1-2H3. The van der Waals surface area contributed by atoms with Crippen LogP contribution >= 0.6 is 0 Å². The summed E-state index contributed by atoms with van der Waals surface area (Å²) in [4.78, 5) is 4.07. The molecule has 2 N–H and O–H groups in total. The van der Waals surface area contributed by atoms with Crippen molar-refractivity contribution < 1.29 is 4.52 Å². The predicted molar refractivity (Wildman–Crippen MR) is 52.4 cm³/mol. The maximum atomic E-state index is 6.32. The van der Waals surface area contributed by atoms with Crippen molar-refractivity contribution in [2.75, 3.05) is 0 Å². The molecule has 1 unspecified atom stereocenters. The Labute approximate surface area is 83.9 Å². The van der Waals surface area contributed by atoms with Crippen LogP contribution in [0.3, 0.4) is 0 Å². The van der Waals surface area contributed by atoms with Gasteiger partial charge >= 0.3 is 0 Å². The Morgan fingerprint density at radius 2 is 2.21 bits per heavy atom. The molecule has 0 radical (unpaired) electrons. The minimum atomic E-state index is -0.380. The zero-order chi connectivity index (χ0) is 10.2. The Morgan fingerprint density at radius 3 is 2.79 bits per heavy atom. The van der Waals surface area contributed by atoms with Gasteiger partial charge in [-0.3, -0.25) is 0 Å². The van der Waals surface area contributed by atoms with Gasteiger partial charge in [0.1, 0.15) is 0 Å². The van der Waals surface area contributed by atoms with Gasteiger partial charge in [-0.05, 0) is 24.7 Å². The first-order chi connectivity index (χ1) is 6.52. The molecule has 1 atom stereocenters. The Bertz CT molecular complexity index is 307. The summed E-state index contributed by atoms with van der Waals surface area (Å²) in [5.74, 6) is 0.658. The normalized spacial score (nSPS) is 31.6. The van der Waals surface area contributed by atoms with E-state index in [-0.39, 0.29) is 11.0 Å². The molecule has 0 bridgehead atoms. The third kappa shape index (κ3) is 1.66. The van der Waals surface area contributed by atoms with E-state index in [1.54, 1.807) is 0 Å². The van der Waals surface area contributed by atoms with Crippen LogP contribution in [0.4, 0.5) is 0 Å². The van der Waals surface area contributed by atoms with Crippen LogP contribution in [0.5, 0.6) is 0 Å². The van der Waals surface area contributed by atoms with Crippen LogP contribution in [0.25, 0.3) is 0 Å². The van der Waals surface area contributed by atoms with Crippen molar-refractivity contribution in [2.24, 2.45) is 11.1 Å². The molecule has 14 heavy (non-hydrogen) atoms. The number of nitrogens with two attached hydrogens (primary N) is 1. The van der Waals surface area contributed by atoms with E-state index in [4.69, 9.17) is 10.3 Å². The number of hydrogen-bond acceptors (Lipinski definition) is 4. The van der Waals surface area contributed by atoms with Crippen LogP contribution in [0, 0.1) is 5.41 Å². The minimum absolute atomic E-state index is 0.285. The van der Waals surface area contributed by atoms with Crippen molar-refractivity contribution in [1.29, 1.82) is 0 Å². The van der Waals surface area contributed by atoms with Crippen LogP contribution < -0.4 is 5.73 Å². The summed E-state index contributed by atoms with van der Waals surface area (Å²) in [6.45, 7) is 4.49. The second-order valence-electron chi connectivity index (χ2n) is 5.11. The first-order valence-electron chi connectivity index (χ1n) is 5.08. The lowest BCUT2D eigenvalue weighted by Crippen LogP contribution is -2.45. The molecule has 0 aliphatic heterocycles. The van der Waals surface area contributed by atoms with E-state index in [0.29, 0.717) is 5.82 Å². The molecule has 4 nitrogen and oxygen atoms in total. The monoisotopic (exact) mass is 195 g/mol. The summed E-state index contributed by atoms with van der Waals surface area (Å²) in [5.41, 5.74) is 6.22. The molecule has 0 spiro atoms. The molecular formula is C10H17N3O. The van der Waals surface area contributed by atoms with Gasteiger partial charge in [0, 0.05) is 0 Å². The topological polar surface area (TPSA) is 64.9 Å². The third-order valence-corrected chi connectivity index (χ3v) is 3.08. The molecular weight excluding hydrogens is 178 g/mol. The molecule has 0 saturated heterocycles. The third-order valence-electron chi connectivity index (χ3n) is 3.08. The molecule has 1 fully saturated rings. The lowest BCUT2D eigenvalue weighted by atomic mass is 9.68. The van der Waals surface area contributed by atoms with Gasteiger partial charge in [-0.1, -0.05) is 25.4 Å². The molecule has 4 heteroatoms. The van der Waals surface area contributed by atoms with Gasteiger partial charge in [0.2, 0.25) is 6.39 Å². The maximum Gasteiger partial charge on any atom is 0.213 e. The first-order valence-corrected chi connectivity index (χ1v) is 5.08. The van der Waals surface area contributed by atoms with Gasteiger partial charge < -0.3 is 10.3 Å². The van der Waals surface area contributed by atoms with E-state index in [9.17, 15) is 0 Å². The van der Waals surface area contributed by atoms with Crippen molar-refractivity contribution in [2.45, 2.75) is 45.1 Å². The summed E-state index contributed by atoms with van der Waals surface area (Å²) in [6, 6.07) is 0. The zero-order valence-electron chi connectivity index (χ0n) is 8.79. The molecule has 0 aromatic carbocycles. The number of rotatable bonds is 1. The second-order valence-corrected chi connectivity index (χ2v) is 5.11. The Balaban J connectivity index is 2.24. The smallest absolute Gasteiger partial charge is 0.213 e. The Morgan fingerprint density at radius 1 is 1.43 bits per heavy atom. The van der Waals surface area contributed by atoms with Crippen LogP contribution in [-0.2, 0) is 5.54 Å². The summed E-state index contributed by atoms with van der Waals surface area (Å²) < 4.78 is 4.76. The van der Waals surface area contributed by atoms with Crippen molar-refractivity contribution in [1.82, 2.24) is 10.1 Å². The highest BCUT2D eigenvalue weighted by atomic mass is 16.5. The molecule has 1 aromatic rings. The van der Waals surface area contributed by atoms with E-state index in [1.807, 2.05) is 0 Å². The van der Waals surface area contributed by atoms with Crippen LogP contribution in [0.1, 0.15) is 45.4 Å². The number of hydrogen-bond donors (Lipinski definition) is 1. The molecule has 0 amide bonds. The quantitative estimate of drug-likeness (QED) is 0.742. The lowest BCUT2D eigenvalue weighted by Gasteiger charge is -2.40. The van der Waals surface area contributed by atoms with Gasteiger partial charge in [0.05, 0.1) is 5.54 Å². The summed E-state index contributed by atoms with van der Waals surface area (Å²) in [5, 5.41) is 3.87. The van der Waals surface area contributed by atoms with Crippen molar-refractivity contribution >= 4 is 0 Å². The van der Waals surface area contributed by atoms with E-state index in [0.717, 1.165) is 19.3 Å². The molecule has 1 aliphatic carbocycles. The highest BCUT2D eigenvalue weighted by Crippen LogP contribution is 2.43. The number of nitrogens with zero attached hydrogens (tertiary/aromatic N) is 2. The molecule has 1 saturated carbocycles. The zero-order valence-corrected chi connectivity index (χ0v) is 8.79. The van der Waals surface area contributed by atoms with Gasteiger partial charge in [-0.25, -0.2) is 0 Å². The molecule has 1 aromatic heterocycles. The largest absolute Gasteiger partial charge is 0.343 e. The SMILES string of the molecule is CC1(C)CCCC(N)(c2ncon2)C1. The molecule has 1 aliphatic rings. The average molecular weight is 195 g/mol. The highest BCUT2D eigenvalue weighted by molar-refractivity contribution is 5.06. The molecule has 1 heterocycles. The van der Waals surface area contributed by atoms with Gasteiger partial charge in [0.15, 0.2) is 5.82 Å². The van der Waals surface area contributed by atoms with Gasteiger partial charge in [0.25, 0.3) is 0 Å². The highest BCUT2D eigenvalue weighted by Gasteiger charge is 2.41. The fraction of sp³-hybridized carbons (Fsp3) is 0.800. The van der Waals surface area contributed by atoms with E-state index < -0.39 is 0 Å². The van der Waals surface area contributed by atoms with Crippen LogP contribution in [0.15, 0.2) is 10.9 Å². The fourth-order valence-corrected chi connectivity index (χ4v) is 2.49. The average Bonchev–Trinajstić information content (AvgIpc) is 2.52. The summed E-state index contributed by atoms with van der Waals surface area (Å²) in [7, 11) is 0. The van der Waals surface area contributed by atoms with E-state index in [1.165, 1.54) is 12.8 Å². The van der Waals surface area contributed by atoms with Crippen LogP contribution in [0.2, 0.25) is 0 Å². The Kier molecular flexibility index (Phi) is 2.10. The van der Waals surface area contributed by atoms with E-state index in [2.05, 4.69) is 24.0 Å². The number of aromatic nitrogens is 2. The van der Waals surface area contributed by atoms with Crippen LogP contribution in [-0.4, -0.2) is 10.1 Å². The van der Waals surface area contributed by atoms with Crippen molar-refractivity contribution in [3.05, 3.63) is 12.2 Å².